The second-order valence-corrected chi connectivity index (χ2v) is 7.60. The van der Waals surface area contributed by atoms with Crippen molar-refractivity contribution in [3.8, 4) is 0 Å². The van der Waals surface area contributed by atoms with E-state index in [1.807, 2.05) is 32.3 Å². The summed E-state index contributed by atoms with van der Waals surface area (Å²) in [7, 11) is 4.08. The number of thioether (sulfide) groups is 1. The van der Waals surface area contributed by atoms with Crippen molar-refractivity contribution in [3.05, 3.63) is 23.2 Å². The number of piperidine rings is 1. The van der Waals surface area contributed by atoms with Gasteiger partial charge in [0.15, 0.2) is 0 Å². The number of halogens is 1. The van der Waals surface area contributed by atoms with Gasteiger partial charge in [-0.3, -0.25) is 4.79 Å². The summed E-state index contributed by atoms with van der Waals surface area (Å²) in [5, 5.41) is 3.75. The van der Waals surface area contributed by atoms with Crippen LogP contribution in [0.15, 0.2) is 18.2 Å². The molecule has 2 rings (SSSR count). The summed E-state index contributed by atoms with van der Waals surface area (Å²) < 4.78 is 0. The minimum atomic E-state index is 0.0364. The van der Waals surface area contributed by atoms with Gasteiger partial charge in [0, 0.05) is 25.4 Å². The molecule has 128 valence electrons. The standard InChI is InChI=1S/C17H26ClN3OS/c1-20(2)11-12-23-13-16(22)19-15-8-6-7-14(18)17(15)21-9-4-3-5-10-21/h6-8H,3-5,9-13H2,1-2H3,(H,19,22). The highest BCUT2D eigenvalue weighted by molar-refractivity contribution is 7.99. The van der Waals surface area contributed by atoms with Crippen molar-refractivity contribution >= 4 is 40.6 Å². The maximum Gasteiger partial charge on any atom is 0.234 e. The van der Waals surface area contributed by atoms with Crippen molar-refractivity contribution < 1.29 is 4.79 Å². The van der Waals surface area contributed by atoms with Crippen LogP contribution in [0.2, 0.25) is 5.02 Å². The van der Waals surface area contributed by atoms with Gasteiger partial charge in [-0.25, -0.2) is 0 Å². The Morgan fingerprint density at radius 3 is 2.74 bits per heavy atom. The van der Waals surface area contributed by atoms with Crippen molar-refractivity contribution in [2.45, 2.75) is 19.3 Å². The Morgan fingerprint density at radius 2 is 2.04 bits per heavy atom. The van der Waals surface area contributed by atoms with Crippen LogP contribution in [0.5, 0.6) is 0 Å². The summed E-state index contributed by atoms with van der Waals surface area (Å²) in [6.07, 6.45) is 3.63. The van der Waals surface area contributed by atoms with E-state index in [4.69, 9.17) is 11.6 Å². The Labute approximate surface area is 148 Å². The average Bonchev–Trinajstić information content (AvgIpc) is 2.52. The third kappa shape index (κ3) is 5.90. The predicted octanol–water partition coefficient (Wildman–Crippen LogP) is 3.56. The van der Waals surface area contributed by atoms with Crippen LogP contribution in [0.1, 0.15) is 19.3 Å². The largest absolute Gasteiger partial charge is 0.369 e. The molecule has 1 aromatic carbocycles. The minimum Gasteiger partial charge on any atom is -0.369 e. The quantitative estimate of drug-likeness (QED) is 0.758. The van der Waals surface area contributed by atoms with Gasteiger partial charge in [0.05, 0.1) is 22.2 Å². The van der Waals surface area contributed by atoms with Crippen molar-refractivity contribution in [3.63, 3.8) is 0 Å². The number of hydrogen-bond acceptors (Lipinski definition) is 4. The number of carbonyl (C=O) groups is 1. The Balaban J connectivity index is 1.96. The maximum absolute atomic E-state index is 12.2. The molecule has 1 aromatic rings. The number of benzene rings is 1. The monoisotopic (exact) mass is 355 g/mol. The molecule has 0 radical (unpaired) electrons. The molecule has 0 saturated carbocycles. The Bertz CT molecular complexity index is 519. The first-order valence-electron chi connectivity index (χ1n) is 8.13. The highest BCUT2D eigenvalue weighted by atomic mass is 35.5. The summed E-state index contributed by atoms with van der Waals surface area (Å²) in [5.41, 5.74) is 1.80. The summed E-state index contributed by atoms with van der Waals surface area (Å²) in [5.74, 6) is 1.46. The first kappa shape index (κ1) is 18.4. The van der Waals surface area contributed by atoms with Gasteiger partial charge >= 0.3 is 0 Å². The van der Waals surface area contributed by atoms with Crippen molar-refractivity contribution in [2.75, 3.05) is 55.5 Å². The highest BCUT2D eigenvalue weighted by Gasteiger charge is 2.18. The zero-order valence-corrected chi connectivity index (χ0v) is 15.6. The van der Waals surface area contributed by atoms with Crippen molar-refractivity contribution in [1.82, 2.24) is 4.90 Å². The molecular formula is C17H26ClN3OS. The van der Waals surface area contributed by atoms with Crippen LogP contribution in [-0.2, 0) is 4.79 Å². The molecular weight excluding hydrogens is 330 g/mol. The van der Waals surface area contributed by atoms with Gasteiger partial charge in [0.1, 0.15) is 0 Å². The lowest BCUT2D eigenvalue weighted by Crippen LogP contribution is -2.31. The van der Waals surface area contributed by atoms with Crippen LogP contribution in [0.25, 0.3) is 0 Å². The van der Waals surface area contributed by atoms with E-state index in [0.717, 1.165) is 36.8 Å². The van der Waals surface area contributed by atoms with Gasteiger partial charge in [-0.05, 0) is 45.5 Å². The number of anilines is 2. The third-order valence-electron chi connectivity index (χ3n) is 3.85. The fourth-order valence-electron chi connectivity index (χ4n) is 2.65. The normalized spacial score (nSPS) is 15.0. The number of hydrogen-bond donors (Lipinski definition) is 1. The average molecular weight is 356 g/mol. The minimum absolute atomic E-state index is 0.0364. The lowest BCUT2D eigenvalue weighted by molar-refractivity contribution is -0.113. The Hall–Kier alpha value is -0.910. The molecule has 1 saturated heterocycles. The topological polar surface area (TPSA) is 35.6 Å². The SMILES string of the molecule is CN(C)CCSCC(=O)Nc1cccc(Cl)c1N1CCCCC1. The third-order valence-corrected chi connectivity index (χ3v) is 5.09. The second kappa shape index (κ2) is 9.40. The molecule has 0 spiro atoms. The Kier molecular flexibility index (Phi) is 7.53. The summed E-state index contributed by atoms with van der Waals surface area (Å²) >= 11 is 8.06. The molecule has 6 heteroatoms. The van der Waals surface area contributed by atoms with E-state index in [9.17, 15) is 4.79 Å². The zero-order chi connectivity index (χ0) is 16.7. The van der Waals surface area contributed by atoms with E-state index < -0.39 is 0 Å². The highest BCUT2D eigenvalue weighted by Crippen LogP contribution is 2.35. The summed E-state index contributed by atoms with van der Waals surface area (Å²) in [6.45, 7) is 2.99. The predicted molar refractivity (Wildman–Crippen MR) is 102 cm³/mol. The van der Waals surface area contributed by atoms with Gasteiger partial charge in [-0.15, -0.1) is 0 Å². The molecule has 0 aliphatic carbocycles. The molecule has 23 heavy (non-hydrogen) atoms. The molecule has 1 amide bonds. The van der Waals surface area contributed by atoms with Crippen LogP contribution < -0.4 is 10.2 Å². The van der Waals surface area contributed by atoms with Crippen molar-refractivity contribution in [2.24, 2.45) is 0 Å². The number of rotatable bonds is 7. The lowest BCUT2D eigenvalue weighted by Gasteiger charge is -2.31. The number of nitrogens with one attached hydrogen (secondary N) is 1. The first-order valence-corrected chi connectivity index (χ1v) is 9.67. The van der Waals surface area contributed by atoms with E-state index in [-0.39, 0.29) is 5.91 Å². The van der Waals surface area contributed by atoms with E-state index in [1.165, 1.54) is 19.3 Å². The number of amides is 1. The van der Waals surface area contributed by atoms with Gasteiger partial charge in [-0.1, -0.05) is 17.7 Å². The van der Waals surface area contributed by atoms with E-state index in [2.05, 4.69) is 15.1 Å². The smallest absolute Gasteiger partial charge is 0.234 e. The molecule has 0 unspecified atom stereocenters. The van der Waals surface area contributed by atoms with E-state index >= 15 is 0 Å². The fraction of sp³-hybridized carbons (Fsp3) is 0.588. The van der Waals surface area contributed by atoms with E-state index in [0.29, 0.717) is 10.8 Å². The van der Waals surface area contributed by atoms with Crippen LogP contribution >= 0.6 is 23.4 Å². The van der Waals surface area contributed by atoms with Gasteiger partial charge in [0.25, 0.3) is 0 Å². The Morgan fingerprint density at radius 1 is 1.30 bits per heavy atom. The fourth-order valence-corrected chi connectivity index (χ4v) is 3.84. The van der Waals surface area contributed by atoms with Gasteiger partial charge < -0.3 is 15.1 Å². The van der Waals surface area contributed by atoms with Crippen LogP contribution in [0.3, 0.4) is 0 Å². The molecule has 0 bridgehead atoms. The van der Waals surface area contributed by atoms with Crippen LogP contribution in [0, 0.1) is 0 Å². The van der Waals surface area contributed by atoms with Gasteiger partial charge in [0.2, 0.25) is 5.91 Å². The molecule has 0 atom stereocenters. The molecule has 1 heterocycles. The lowest BCUT2D eigenvalue weighted by atomic mass is 10.1. The number of carbonyl (C=O) groups excluding carboxylic acids is 1. The summed E-state index contributed by atoms with van der Waals surface area (Å²) in [4.78, 5) is 16.6. The molecule has 4 nitrogen and oxygen atoms in total. The van der Waals surface area contributed by atoms with Crippen LogP contribution in [-0.4, -0.2) is 56.0 Å². The molecule has 1 N–H and O–H groups in total. The van der Waals surface area contributed by atoms with E-state index in [1.54, 1.807) is 11.8 Å². The van der Waals surface area contributed by atoms with Crippen LogP contribution in [0.4, 0.5) is 11.4 Å². The number of nitrogens with zero attached hydrogens (tertiary/aromatic N) is 2. The molecule has 1 aliphatic rings. The zero-order valence-electron chi connectivity index (χ0n) is 14.0. The molecule has 1 aliphatic heterocycles. The molecule has 1 fully saturated rings. The summed E-state index contributed by atoms with van der Waals surface area (Å²) in [6, 6.07) is 5.73. The number of para-hydroxylation sites is 1. The molecule has 0 aromatic heterocycles. The maximum atomic E-state index is 12.2. The van der Waals surface area contributed by atoms with Gasteiger partial charge in [-0.2, -0.15) is 11.8 Å². The first-order chi connectivity index (χ1) is 11.1. The van der Waals surface area contributed by atoms with Crippen molar-refractivity contribution in [1.29, 1.82) is 0 Å². The second-order valence-electron chi connectivity index (χ2n) is 6.09.